The number of hydrogen-bond acceptors (Lipinski definition) is 6. The molecule has 5 rings (SSSR count). The van der Waals surface area contributed by atoms with E-state index in [1.165, 1.54) is 23.3 Å². The monoisotopic (exact) mass is 662 g/mol. The zero-order valence-electron chi connectivity index (χ0n) is 21.1. The number of aromatic nitrogens is 2. The minimum Gasteiger partial charge on any atom is -0.665 e. The molecular weight excluding hydrogens is 638 g/mol. The normalized spacial score (nSPS) is 9.79. The van der Waals surface area contributed by atoms with Crippen LogP contribution in [0.1, 0.15) is 25.0 Å². The Kier molecular flexibility index (Phi) is 14.2. The molecule has 3 aromatic carbocycles. The molecule has 2 aromatic heterocycles. The van der Waals surface area contributed by atoms with Crippen LogP contribution in [0.3, 0.4) is 0 Å². The molecular formula is C28H24N2O6Y2-4. The van der Waals surface area contributed by atoms with Crippen LogP contribution in [0.5, 0.6) is 11.5 Å². The molecule has 0 unspecified atom stereocenters. The smallest absolute Gasteiger partial charge is 0.0883 e. The minimum atomic E-state index is -0.685. The Morgan fingerprint density at radius 2 is 0.816 bits per heavy atom. The number of benzene rings is 3. The third kappa shape index (κ3) is 8.37. The molecule has 0 amide bonds. The zero-order valence-corrected chi connectivity index (χ0v) is 26.8. The van der Waals surface area contributed by atoms with Crippen molar-refractivity contribution in [2.45, 2.75) is 26.7 Å². The Balaban J connectivity index is 0.000000291. The summed E-state index contributed by atoms with van der Waals surface area (Å²) in [6.45, 7) is 4.25. The van der Waals surface area contributed by atoms with Crippen molar-refractivity contribution in [3.63, 3.8) is 0 Å². The molecule has 0 bridgehead atoms. The van der Waals surface area contributed by atoms with Crippen molar-refractivity contribution in [2.75, 3.05) is 0 Å². The summed E-state index contributed by atoms with van der Waals surface area (Å²) >= 11 is 0. The predicted octanol–water partition coefficient (Wildman–Crippen LogP) is 3.06. The van der Waals surface area contributed by atoms with Gasteiger partial charge < -0.3 is 38.6 Å². The van der Waals surface area contributed by atoms with Gasteiger partial charge in [0.25, 0.3) is 0 Å². The maximum atomic E-state index is 11.2. The molecule has 2 radical (unpaired) electrons. The van der Waals surface area contributed by atoms with Crippen LogP contribution in [-0.4, -0.2) is 0 Å². The molecule has 0 spiro atoms. The second kappa shape index (κ2) is 16.0. The van der Waals surface area contributed by atoms with Gasteiger partial charge in [-0.1, -0.05) is 38.1 Å². The molecule has 0 saturated heterocycles. The fraction of sp³-hybridized carbons (Fsp3) is 0.143. The van der Waals surface area contributed by atoms with Gasteiger partial charge in [-0.2, -0.15) is 14.2 Å². The van der Waals surface area contributed by atoms with E-state index in [0.717, 1.165) is 24.3 Å². The van der Waals surface area contributed by atoms with Gasteiger partial charge in [0.15, 0.2) is 0 Å². The van der Waals surface area contributed by atoms with Crippen molar-refractivity contribution in [2.24, 2.45) is 0 Å². The van der Waals surface area contributed by atoms with E-state index in [-0.39, 0.29) is 87.0 Å². The summed E-state index contributed by atoms with van der Waals surface area (Å²) in [5, 5.41) is 0.230. The summed E-state index contributed by atoms with van der Waals surface area (Å²) in [6, 6.07) is 18.3. The molecule has 0 aliphatic carbocycles. The first-order chi connectivity index (χ1) is 17.3. The van der Waals surface area contributed by atoms with E-state index in [9.17, 15) is 19.2 Å². The van der Waals surface area contributed by atoms with Crippen LogP contribution in [0.25, 0.3) is 21.5 Å². The van der Waals surface area contributed by atoms with E-state index < -0.39 is 22.2 Å². The van der Waals surface area contributed by atoms with E-state index >= 15 is 0 Å². The number of rotatable bonds is 4. The summed E-state index contributed by atoms with van der Waals surface area (Å²) < 4.78 is 9.53. The van der Waals surface area contributed by atoms with Gasteiger partial charge in [-0.05, 0) is 60.4 Å². The maximum Gasteiger partial charge on any atom is 0.0883 e. The molecule has 10 heteroatoms. The van der Waals surface area contributed by atoms with Gasteiger partial charge in [-0.3, -0.25) is 0 Å². The van der Waals surface area contributed by atoms with Crippen molar-refractivity contribution >= 4 is 21.5 Å². The Morgan fingerprint density at radius 3 is 1.03 bits per heavy atom. The second-order valence-electron chi connectivity index (χ2n) is 7.67. The van der Waals surface area contributed by atoms with Crippen LogP contribution in [0, 0.1) is 14.2 Å². The van der Waals surface area contributed by atoms with Crippen molar-refractivity contribution in [3.8, 4) is 11.5 Å². The fourth-order valence-corrected chi connectivity index (χ4v) is 3.38. The largest absolute Gasteiger partial charge is 0.665 e. The molecule has 0 saturated carbocycles. The summed E-state index contributed by atoms with van der Waals surface area (Å²) in [4.78, 5) is 51.4. The van der Waals surface area contributed by atoms with Crippen LogP contribution in [0.15, 0.2) is 79.8 Å². The van der Waals surface area contributed by atoms with Crippen molar-refractivity contribution < 1.29 is 74.9 Å². The first-order valence-corrected chi connectivity index (χ1v) is 11.1. The van der Waals surface area contributed by atoms with Crippen molar-refractivity contribution in [3.05, 3.63) is 127 Å². The number of fused-ring (bicyclic) bond motifs is 2. The Labute approximate surface area is 269 Å². The third-order valence-electron chi connectivity index (χ3n) is 5.48. The predicted molar refractivity (Wildman–Crippen MR) is 139 cm³/mol. The van der Waals surface area contributed by atoms with E-state index in [4.69, 9.17) is 9.47 Å². The van der Waals surface area contributed by atoms with Crippen LogP contribution in [-0.2, 0) is 78.3 Å². The third-order valence-corrected chi connectivity index (χ3v) is 5.48. The van der Waals surface area contributed by atoms with E-state index in [1.54, 1.807) is 0 Å². The second-order valence-corrected chi connectivity index (χ2v) is 7.67. The summed E-state index contributed by atoms with van der Waals surface area (Å²) in [7, 11) is 6.62. The number of ether oxygens (including phenoxy) is 2. The van der Waals surface area contributed by atoms with Gasteiger partial charge in [0, 0.05) is 87.0 Å². The first-order valence-electron chi connectivity index (χ1n) is 11.1. The molecule has 192 valence electrons. The molecule has 5 aromatic rings. The van der Waals surface area contributed by atoms with Gasteiger partial charge in [0.1, 0.15) is 0 Å². The average Bonchev–Trinajstić information content (AvgIpc) is 3.36. The number of hydrogen-bond donors (Lipinski definition) is 0. The Bertz CT molecular complexity index is 1410. The van der Waals surface area contributed by atoms with Crippen LogP contribution >= 0.6 is 0 Å². The Hall–Kier alpha value is -2.25. The molecule has 8 nitrogen and oxygen atoms in total. The number of aryl methyl sites for hydroxylation is 2. The molecule has 2 heterocycles. The minimum absolute atomic E-state index is 0. The Morgan fingerprint density at radius 1 is 0.553 bits per heavy atom. The van der Waals surface area contributed by atoms with Gasteiger partial charge >= 0.3 is 0 Å². The fourth-order valence-electron chi connectivity index (χ4n) is 3.38. The molecule has 38 heavy (non-hydrogen) atoms. The molecule has 0 fully saturated rings. The van der Waals surface area contributed by atoms with Gasteiger partial charge in [0.2, 0.25) is 0 Å². The zero-order chi connectivity index (χ0) is 26.2. The van der Waals surface area contributed by atoms with E-state index in [0.29, 0.717) is 0 Å². The quantitative estimate of drug-likeness (QED) is 0.270. The van der Waals surface area contributed by atoms with Crippen molar-refractivity contribution in [1.82, 2.24) is 9.97 Å². The molecule has 0 aliphatic rings. The van der Waals surface area contributed by atoms with Crippen molar-refractivity contribution in [1.29, 1.82) is 0 Å². The number of nitrogens with zero attached hydrogens (tertiary/aromatic N) is 2. The standard InChI is InChI=1S/C10H4N2O4.2C9H11O.2Y/c13-7-3-1-4-6(10(16)12-8(4)14)2-5(3)9(15)11-7;2*1-3-8-4-6-9(10-2)7-5-8;;/h1-2H,(H2,11,12,13,14,15,16);2*4-7H,2-3H2,1H3;;/q;2*-1;;/p-2. The average molecular weight is 662 g/mol. The SMILES string of the molecule is O=c1[n-]c(=O)c2cc3c(=O)[n-]c(=O)c3cc12.[CH2-]Oc1ccc(CC)cc1.[CH2-]Oc1ccc(CC)cc1.[Y].[Y]. The van der Waals surface area contributed by atoms with E-state index in [2.05, 4.69) is 38.0 Å². The van der Waals surface area contributed by atoms with E-state index in [1.807, 2.05) is 48.5 Å². The molecule has 0 aliphatic heterocycles. The summed E-state index contributed by atoms with van der Waals surface area (Å²) in [6.07, 6.45) is 2.13. The summed E-state index contributed by atoms with van der Waals surface area (Å²) in [5.74, 6) is 1.63. The van der Waals surface area contributed by atoms with Crippen LogP contribution in [0.2, 0.25) is 0 Å². The van der Waals surface area contributed by atoms with Gasteiger partial charge in [-0.15, -0.1) is 0 Å². The maximum absolute atomic E-state index is 11.2. The topological polar surface area (TPSA) is 115 Å². The van der Waals surface area contributed by atoms with Gasteiger partial charge in [-0.25, -0.2) is 0 Å². The molecule has 0 N–H and O–H groups in total. The van der Waals surface area contributed by atoms with Crippen LogP contribution in [0.4, 0.5) is 0 Å². The van der Waals surface area contributed by atoms with Gasteiger partial charge in [0.05, 0.1) is 33.7 Å². The summed E-state index contributed by atoms with van der Waals surface area (Å²) in [5.41, 5.74) is -0.101. The molecule has 0 atom stereocenters. The van der Waals surface area contributed by atoms with Crippen LogP contribution < -0.4 is 41.7 Å². The first kappa shape index (κ1) is 33.8.